The van der Waals surface area contributed by atoms with E-state index in [4.69, 9.17) is 5.11 Å². The third kappa shape index (κ3) is 4.35. The molecule has 5 nitrogen and oxygen atoms in total. The van der Waals surface area contributed by atoms with Crippen molar-refractivity contribution in [3.8, 4) is 0 Å². The van der Waals surface area contributed by atoms with Crippen molar-refractivity contribution in [3.05, 3.63) is 11.9 Å². The third-order valence-corrected chi connectivity index (χ3v) is 3.49. The van der Waals surface area contributed by atoms with Crippen molar-refractivity contribution in [2.45, 2.75) is 52.5 Å². The molecule has 1 atom stereocenters. The maximum absolute atomic E-state index is 9.17. The fourth-order valence-electron chi connectivity index (χ4n) is 1.86. The maximum atomic E-state index is 9.17. The van der Waals surface area contributed by atoms with Crippen LogP contribution in [0.3, 0.4) is 0 Å². The molecule has 1 unspecified atom stereocenters. The summed E-state index contributed by atoms with van der Waals surface area (Å²) in [6.07, 6.45) is 4.26. The van der Waals surface area contributed by atoms with E-state index >= 15 is 0 Å². The minimum absolute atomic E-state index is 0.143. The number of aromatic nitrogens is 2. The zero-order chi connectivity index (χ0) is 14.3. The van der Waals surface area contributed by atoms with E-state index in [1.54, 1.807) is 6.33 Å². The van der Waals surface area contributed by atoms with Gasteiger partial charge in [0.15, 0.2) is 0 Å². The highest BCUT2D eigenvalue weighted by atomic mass is 16.3. The number of aliphatic hydroxyl groups is 1. The second kappa shape index (κ2) is 7.28. The molecule has 19 heavy (non-hydrogen) atoms. The lowest BCUT2D eigenvalue weighted by atomic mass is 9.94. The average molecular weight is 266 g/mol. The van der Waals surface area contributed by atoms with Gasteiger partial charge in [-0.25, -0.2) is 9.97 Å². The molecule has 108 valence electrons. The van der Waals surface area contributed by atoms with Gasteiger partial charge in [0.05, 0.1) is 0 Å². The summed E-state index contributed by atoms with van der Waals surface area (Å²) in [5.74, 6) is 1.72. The zero-order valence-corrected chi connectivity index (χ0v) is 12.5. The summed E-state index contributed by atoms with van der Waals surface area (Å²) in [5, 5.41) is 15.9. The van der Waals surface area contributed by atoms with Crippen LogP contribution in [0.25, 0.3) is 0 Å². The van der Waals surface area contributed by atoms with Crippen LogP contribution in [0, 0.1) is 6.92 Å². The minimum Gasteiger partial charge on any atom is -0.396 e. The van der Waals surface area contributed by atoms with Crippen LogP contribution in [0.5, 0.6) is 0 Å². The molecular formula is C14H26N4O. The Morgan fingerprint density at radius 3 is 2.53 bits per heavy atom. The van der Waals surface area contributed by atoms with Crippen LogP contribution in [-0.4, -0.2) is 33.8 Å². The standard InChI is InChI=1S/C14H26N4O/c1-5-8-15-12-11(3)13(17-10-16-12)18-14(4,6-2)7-9-19/h10,19H,5-9H2,1-4H3,(H2,15,16,17,18). The molecule has 0 bridgehead atoms. The highest BCUT2D eigenvalue weighted by Gasteiger charge is 2.22. The minimum atomic E-state index is -0.143. The van der Waals surface area contributed by atoms with Crippen molar-refractivity contribution in [1.82, 2.24) is 9.97 Å². The Hall–Kier alpha value is -1.36. The van der Waals surface area contributed by atoms with Crippen molar-refractivity contribution in [1.29, 1.82) is 0 Å². The molecule has 0 aliphatic heterocycles. The monoisotopic (exact) mass is 266 g/mol. The molecule has 0 radical (unpaired) electrons. The molecule has 0 amide bonds. The third-order valence-electron chi connectivity index (χ3n) is 3.49. The molecule has 0 saturated carbocycles. The van der Waals surface area contributed by atoms with E-state index in [0.717, 1.165) is 36.6 Å². The maximum Gasteiger partial charge on any atom is 0.134 e. The highest BCUT2D eigenvalue weighted by molar-refractivity contribution is 5.57. The van der Waals surface area contributed by atoms with E-state index < -0.39 is 0 Å². The van der Waals surface area contributed by atoms with Crippen LogP contribution in [0.15, 0.2) is 6.33 Å². The first kappa shape index (κ1) is 15.7. The Morgan fingerprint density at radius 2 is 1.95 bits per heavy atom. The number of aliphatic hydroxyl groups excluding tert-OH is 1. The smallest absolute Gasteiger partial charge is 0.134 e. The van der Waals surface area contributed by atoms with Crippen LogP contribution in [-0.2, 0) is 0 Å². The molecule has 0 fully saturated rings. The van der Waals surface area contributed by atoms with Crippen molar-refractivity contribution in [2.24, 2.45) is 0 Å². The SMILES string of the molecule is CCCNc1ncnc(NC(C)(CC)CCO)c1C. The molecule has 0 saturated heterocycles. The lowest BCUT2D eigenvalue weighted by Gasteiger charge is -2.30. The molecule has 0 spiro atoms. The van der Waals surface area contributed by atoms with Gasteiger partial charge in [-0.1, -0.05) is 13.8 Å². The molecule has 0 aliphatic rings. The summed E-state index contributed by atoms with van der Waals surface area (Å²) < 4.78 is 0. The summed E-state index contributed by atoms with van der Waals surface area (Å²) in [4.78, 5) is 8.59. The quantitative estimate of drug-likeness (QED) is 0.674. The van der Waals surface area contributed by atoms with E-state index in [1.165, 1.54) is 0 Å². The fourth-order valence-corrected chi connectivity index (χ4v) is 1.86. The summed E-state index contributed by atoms with van der Waals surface area (Å²) in [6.45, 7) is 9.41. The molecule has 1 heterocycles. The van der Waals surface area contributed by atoms with Crippen LogP contribution >= 0.6 is 0 Å². The van der Waals surface area contributed by atoms with Gasteiger partial charge < -0.3 is 15.7 Å². The van der Waals surface area contributed by atoms with Gasteiger partial charge in [0.25, 0.3) is 0 Å². The van der Waals surface area contributed by atoms with Gasteiger partial charge in [0, 0.05) is 24.3 Å². The first-order valence-corrected chi connectivity index (χ1v) is 7.00. The second-order valence-corrected chi connectivity index (χ2v) is 5.14. The first-order valence-electron chi connectivity index (χ1n) is 7.00. The van der Waals surface area contributed by atoms with Gasteiger partial charge in [0.2, 0.25) is 0 Å². The number of anilines is 2. The Kier molecular flexibility index (Phi) is 6.02. The summed E-state index contributed by atoms with van der Waals surface area (Å²) >= 11 is 0. The van der Waals surface area contributed by atoms with Gasteiger partial charge >= 0.3 is 0 Å². The number of nitrogens with one attached hydrogen (secondary N) is 2. The number of nitrogens with zero attached hydrogens (tertiary/aromatic N) is 2. The lowest BCUT2D eigenvalue weighted by molar-refractivity contribution is 0.251. The number of rotatable bonds is 8. The van der Waals surface area contributed by atoms with Crippen molar-refractivity contribution >= 4 is 11.6 Å². The lowest BCUT2D eigenvalue weighted by Crippen LogP contribution is -2.35. The molecule has 0 aliphatic carbocycles. The summed E-state index contributed by atoms with van der Waals surface area (Å²) in [7, 11) is 0. The molecule has 0 aromatic carbocycles. The van der Waals surface area contributed by atoms with Crippen molar-refractivity contribution < 1.29 is 5.11 Å². The number of hydrogen-bond acceptors (Lipinski definition) is 5. The van der Waals surface area contributed by atoms with Gasteiger partial charge in [0.1, 0.15) is 18.0 Å². The predicted octanol–water partition coefficient (Wildman–Crippen LogP) is 2.57. The van der Waals surface area contributed by atoms with E-state index in [2.05, 4.69) is 41.4 Å². The van der Waals surface area contributed by atoms with Crippen LogP contribution < -0.4 is 10.6 Å². The average Bonchev–Trinajstić information content (AvgIpc) is 2.40. The van der Waals surface area contributed by atoms with E-state index in [-0.39, 0.29) is 12.1 Å². The first-order chi connectivity index (χ1) is 9.06. The van der Waals surface area contributed by atoms with Gasteiger partial charge in [-0.05, 0) is 33.1 Å². The van der Waals surface area contributed by atoms with Crippen LogP contribution in [0.1, 0.15) is 45.6 Å². The Morgan fingerprint density at radius 1 is 1.26 bits per heavy atom. The summed E-state index contributed by atoms with van der Waals surface area (Å²) in [5.41, 5.74) is 0.879. The summed E-state index contributed by atoms with van der Waals surface area (Å²) in [6, 6.07) is 0. The van der Waals surface area contributed by atoms with Crippen LogP contribution in [0.4, 0.5) is 11.6 Å². The zero-order valence-electron chi connectivity index (χ0n) is 12.5. The Balaban J connectivity index is 2.88. The van der Waals surface area contributed by atoms with Gasteiger partial charge in [-0.15, -0.1) is 0 Å². The Bertz CT molecular complexity index is 397. The van der Waals surface area contributed by atoms with E-state index in [1.807, 2.05) is 6.92 Å². The van der Waals surface area contributed by atoms with E-state index in [9.17, 15) is 0 Å². The molecule has 3 N–H and O–H groups in total. The van der Waals surface area contributed by atoms with Crippen LogP contribution in [0.2, 0.25) is 0 Å². The predicted molar refractivity (Wildman–Crippen MR) is 79.6 cm³/mol. The van der Waals surface area contributed by atoms with E-state index in [0.29, 0.717) is 6.42 Å². The fraction of sp³-hybridized carbons (Fsp3) is 0.714. The molecule has 1 aromatic heterocycles. The molecule has 1 rings (SSSR count). The molecular weight excluding hydrogens is 240 g/mol. The molecule has 5 heteroatoms. The van der Waals surface area contributed by atoms with Crippen molar-refractivity contribution in [3.63, 3.8) is 0 Å². The van der Waals surface area contributed by atoms with Crippen molar-refractivity contribution in [2.75, 3.05) is 23.8 Å². The van der Waals surface area contributed by atoms with Gasteiger partial charge in [-0.2, -0.15) is 0 Å². The largest absolute Gasteiger partial charge is 0.396 e. The number of hydrogen-bond donors (Lipinski definition) is 3. The van der Waals surface area contributed by atoms with Gasteiger partial charge in [-0.3, -0.25) is 0 Å². The molecule has 1 aromatic rings. The highest BCUT2D eigenvalue weighted by Crippen LogP contribution is 2.25. The topological polar surface area (TPSA) is 70.1 Å². The normalized spacial score (nSPS) is 13.9. The Labute approximate surface area is 115 Å². The second-order valence-electron chi connectivity index (χ2n) is 5.14.